The summed E-state index contributed by atoms with van der Waals surface area (Å²) < 4.78 is 5.97. The first-order valence-corrected chi connectivity index (χ1v) is 4.96. The van der Waals surface area contributed by atoms with Crippen LogP contribution >= 0.6 is 0 Å². The van der Waals surface area contributed by atoms with Gasteiger partial charge < -0.3 is 9.84 Å². The van der Waals surface area contributed by atoms with Crippen molar-refractivity contribution < 1.29 is 9.84 Å². The Bertz CT molecular complexity index is 196. The van der Waals surface area contributed by atoms with Crippen LogP contribution in [0, 0.1) is 0 Å². The zero-order valence-electron chi connectivity index (χ0n) is 8.84. The molecule has 1 fully saturated rings. The highest BCUT2D eigenvalue weighted by Crippen LogP contribution is 2.35. The second-order valence-electron chi connectivity index (χ2n) is 4.61. The van der Waals surface area contributed by atoms with Gasteiger partial charge in [-0.15, -0.1) is 0 Å². The van der Waals surface area contributed by atoms with E-state index in [-0.39, 0.29) is 17.8 Å². The van der Waals surface area contributed by atoms with E-state index in [0.717, 1.165) is 12.8 Å². The fraction of sp³-hybridized carbons (Fsp3) is 0.818. The predicted octanol–water partition coefficient (Wildman–Crippen LogP) is 2.27. The Morgan fingerprint density at radius 3 is 2.54 bits per heavy atom. The van der Waals surface area contributed by atoms with Gasteiger partial charge in [0.25, 0.3) is 0 Å². The van der Waals surface area contributed by atoms with E-state index in [4.69, 9.17) is 9.84 Å². The first-order chi connectivity index (χ1) is 5.97. The topological polar surface area (TPSA) is 29.5 Å². The van der Waals surface area contributed by atoms with Gasteiger partial charge in [0.05, 0.1) is 17.8 Å². The van der Waals surface area contributed by atoms with Gasteiger partial charge in [0.15, 0.2) is 0 Å². The smallest absolute Gasteiger partial charge is 0.0842 e. The molecule has 1 N–H and O–H groups in total. The fourth-order valence-electron chi connectivity index (χ4n) is 2.02. The Morgan fingerprint density at radius 1 is 1.31 bits per heavy atom. The van der Waals surface area contributed by atoms with Gasteiger partial charge >= 0.3 is 0 Å². The van der Waals surface area contributed by atoms with Crippen molar-refractivity contribution in [2.75, 3.05) is 6.61 Å². The molecule has 0 aliphatic carbocycles. The summed E-state index contributed by atoms with van der Waals surface area (Å²) in [7, 11) is 0. The second kappa shape index (κ2) is 3.81. The van der Waals surface area contributed by atoms with Crippen molar-refractivity contribution in [3.63, 3.8) is 0 Å². The molecule has 2 nitrogen and oxygen atoms in total. The molecule has 0 unspecified atom stereocenters. The third kappa shape index (κ3) is 3.12. The van der Waals surface area contributed by atoms with Gasteiger partial charge in [-0.3, -0.25) is 0 Å². The normalized spacial score (nSPS) is 33.8. The van der Waals surface area contributed by atoms with Crippen LogP contribution in [0.15, 0.2) is 12.2 Å². The molecule has 1 saturated heterocycles. The van der Waals surface area contributed by atoms with E-state index >= 15 is 0 Å². The Morgan fingerprint density at radius 2 is 2.00 bits per heavy atom. The predicted molar refractivity (Wildman–Crippen MR) is 53.6 cm³/mol. The molecule has 1 atom stereocenters. The Hall–Kier alpha value is -0.340. The van der Waals surface area contributed by atoms with Gasteiger partial charge in [-0.1, -0.05) is 12.2 Å². The lowest BCUT2D eigenvalue weighted by Gasteiger charge is -2.41. The van der Waals surface area contributed by atoms with E-state index in [9.17, 15) is 0 Å². The molecular weight excluding hydrogens is 164 g/mol. The highest BCUT2D eigenvalue weighted by atomic mass is 16.5. The van der Waals surface area contributed by atoms with Crippen LogP contribution in [0.25, 0.3) is 0 Å². The second-order valence-corrected chi connectivity index (χ2v) is 4.61. The SMILES string of the molecule is CC1(C)CCC[C@](C)(/C=C/CO)O1. The maximum absolute atomic E-state index is 8.70. The van der Waals surface area contributed by atoms with Crippen LogP contribution in [-0.4, -0.2) is 22.9 Å². The molecule has 13 heavy (non-hydrogen) atoms. The third-order valence-corrected chi connectivity index (χ3v) is 2.54. The van der Waals surface area contributed by atoms with Crippen LogP contribution in [0.4, 0.5) is 0 Å². The van der Waals surface area contributed by atoms with Crippen LogP contribution in [-0.2, 0) is 4.74 Å². The van der Waals surface area contributed by atoms with Crippen molar-refractivity contribution in [1.82, 2.24) is 0 Å². The first kappa shape index (κ1) is 10.7. The van der Waals surface area contributed by atoms with Crippen LogP contribution in [0.3, 0.4) is 0 Å². The summed E-state index contributed by atoms with van der Waals surface area (Å²) in [6.07, 6.45) is 7.11. The highest BCUT2D eigenvalue weighted by molar-refractivity contribution is 5.03. The number of aliphatic hydroxyl groups is 1. The summed E-state index contributed by atoms with van der Waals surface area (Å²) in [6, 6.07) is 0. The van der Waals surface area contributed by atoms with Gasteiger partial charge in [0, 0.05) is 0 Å². The maximum Gasteiger partial charge on any atom is 0.0842 e. The van der Waals surface area contributed by atoms with E-state index in [1.165, 1.54) is 6.42 Å². The molecule has 0 aromatic rings. The van der Waals surface area contributed by atoms with E-state index in [1.54, 1.807) is 6.08 Å². The average molecular weight is 184 g/mol. The van der Waals surface area contributed by atoms with Crippen LogP contribution in [0.2, 0.25) is 0 Å². The number of aliphatic hydroxyl groups excluding tert-OH is 1. The third-order valence-electron chi connectivity index (χ3n) is 2.54. The summed E-state index contributed by atoms with van der Waals surface area (Å²) in [5.41, 5.74) is -0.197. The summed E-state index contributed by atoms with van der Waals surface area (Å²) in [5.74, 6) is 0. The number of rotatable bonds is 2. The number of ether oxygens (including phenoxy) is 1. The minimum atomic E-state index is -0.176. The molecule has 0 aromatic heterocycles. The molecule has 1 aliphatic rings. The van der Waals surface area contributed by atoms with Crippen molar-refractivity contribution in [3.05, 3.63) is 12.2 Å². The molecule has 76 valence electrons. The minimum Gasteiger partial charge on any atom is -0.392 e. The van der Waals surface area contributed by atoms with Gasteiger partial charge in [-0.25, -0.2) is 0 Å². The molecule has 0 amide bonds. The highest BCUT2D eigenvalue weighted by Gasteiger charge is 2.35. The van der Waals surface area contributed by atoms with Gasteiger partial charge in [0.1, 0.15) is 0 Å². The summed E-state index contributed by atoms with van der Waals surface area (Å²) in [5, 5.41) is 8.70. The molecular formula is C11H20O2. The summed E-state index contributed by atoms with van der Waals surface area (Å²) in [6.45, 7) is 6.42. The Kier molecular flexibility index (Phi) is 3.14. The molecule has 0 spiro atoms. The number of hydrogen-bond donors (Lipinski definition) is 1. The van der Waals surface area contributed by atoms with Crippen LogP contribution in [0.5, 0.6) is 0 Å². The first-order valence-electron chi connectivity index (χ1n) is 4.96. The van der Waals surface area contributed by atoms with Crippen LogP contribution in [0.1, 0.15) is 40.0 Å². The molecule has 1 aliphatic heterocycles. The molecule has 1 heterocycles. The van der Waals surface area contributed by atoms with E-state index in [0.29, 0.717) is 0 Å². The molecule has 0 radical (unpaired) electrons. The zero-order valence-corrected chi connectivity index (χ0v) is 8.84. The lowest BCUT2D eigenvalue weighted by molar-refractivity contribution is -0.140. The van der Waals surface area contributed by atoms with E-state index in [1.807, 2.05) is 6.08 Å². The molecule has 0 bridgehead atoms. The standard InChI is InChI=1S/C11H20O2/c1-10(2)6-4-7-11(3,13-10)8-5-9-12/h5,8,12H,4,6-7,9H2,1-3H3/b8-5+/t11-/m1/s1. The lowest BCUT2D eigenvalue weighted by Crippen LogP contribution is -2.42. The minimum absolute atomic E-state index is 0.0210. The van der Waals surface area contributed by atoms with Crippen molar-refractivity contribution in [1.29, 1.82) is 0 Å². The van der Waals surface area contributed by atoms with Crippen molar-refractivity contribution in [3.8, 4) is 0 Å². The van der Waals surface area contributed by atoms with Gasteiger partial charge in [-0.2, -0.15) is 0 Å². The van der Waals surface area contributed by atoms with Crippen LogP contribution < -0.4 is 0 Å². The quantitative estimate of drug-likeness (QED) is 0.667. The summed E-state index contributed by atoms with van der Waals surface area (Å²) in [4.78, 5) is 0. The average Bonchev–Trinajstić information content (AvgIpc) is 1.98. The van der Waals surface area contributed by atoms with E-state index in [2.05, 4.69) is 20.8 Å². The van der Waals surface area contributed by atoms with Crippen molar-refractivity contribution in [2.24, 2.45) is 0 Å². The zero-order chi connectivity index (χ0) is 9.95. The summed E-state index contributed by atoms with van der Waals surface area (Å²) >= 11 is 0. The maximum atomic E-state index is 8.70. The largest absolute Gasteiger partial charge is 0.392 e. The van der Waals surface area contributed by atoms with Crippen molar-refractivity contribution >= 4 is 0 Å². The van der Waals surface area contributed by atoms with E-state index < -0.39 is 0 Å². The fourth-order valence-corrected chi connectivity index (χ4v) is 2.02. The molecule has 1 rings (SSSR count). The number of hydrogen-bond acceptors (Lipinski definition) is 2. The molecule has 2 heteroatoms. The van der Waals surface area contributed by atoms with Gasteiger partial charge in [0.2, 0.25) is 0 Å². The Balaban J connectivity index is 2.63. The van der Waals surface area contributed by atoms with Crippen molar-refractivity contribution in [2.45, 2.75) is 51.2 Å². The van der Waals surface area contributed by atoms with Gasteiger partial charge in [-0.05, 0) is 40.0 Å². The molecule has 0 saturated carbocycles. The molecule has 0 aromatic carbocycles. The monoisotopic (exact) mass is 184 g/mol. The lowest BCUT2D eigenvalue weighted by atomic mass is 9.88. The Labute approximate surface area is 80.6 Å².